The Balaban J connectivity index is 1.79. The quantitative estimate of drug-likeness (QED) is 0.803. The zero-order valence-corrected chi connectivity index (χ0v) is 12.4. The third-order valence-corrected chi connectivity index (χ3v) is 3.87. The zero-order valence-electron chi connectivity index (χ0n) is 11.6. The van der Waals surface area contributed by atoms with E-state index in [1.54, 1.807) is 17.4 Å². The van der Waals surface area contributed by atoms with Crippen LogP contribution in [0.3, 0.4) is 0 Å². The fraction of sp³-hybridized carbons (Fsp3) is 0.214. The second-order valence-corrected chi connectivity index (χ2v) is 5.73. The second kappa shape index (κ2) is 5.61. The Kier molecular flexibility index (Phi) is 3.66. The Morgan fingerprint density at radius 3 is 2.86 bits per heavy atom. The Bertz CT molecular complexity index is 738. The molecule has 0 bridgehead atoms. The van der Waals surface area contributed by atoms with Crippen molar-refractivity contribution in [2.45, 2.75) is 19.9 Å². The Labute approximate surface area is 125 Å². The SMILES string of the molecule is Cc1nc(C(C)Nc2ccc(-n3cncn3)c(F)c2)cs1. The van der Waals surface area contributed by atoms with Crippen molar-refractivity contribution in [2.24, 2.45) is 0 Å². The lowest BCUT2D eigenvalue weighted by Gasteiger charge is -2.14. The first-order valence-corrected chi connectivity index (χ1v) is 7.34. The van der Waals surface area contributed by atoms with Gasteiger partial charge < -0.3 is 5.32 Å². The van der Waals surface area contributed by atoms with E-state index in [1.807, 2.05) is 25.3 Å². The van der Waals surface area contributed by atoms with Crippen LogP contribution < -0.4 is 5.32 Å². The van der Waals surface area contributed by atoms with E-state index in [0.717, 1.165) is 10.7 Å². The molecule has 1 N–H and O–H groups in total. The lowest BCUT2D eigenvalue weighted by atomic mass is 10.2. The Hall–Kier alpha value is -2.28. The first kappa shape index (κ1) is 13.7. The number of aromatic nitrogens is 4. The summed E-state index contributed by atoms with van der Waals surface area (Å²) < 4.78 is 15.5. The number of aryl methyl sites for hydroxylation is 1. The molecule has 0 spiro atoms. The van der Waals surface area contributed by atoms with Crippen LogP contribution in [0, 0.1) is 12.7 Å². The van der Waals surface area contributed by atoms with E-state index in [0.29, 0.717) is 11.4 Å². The standard InChI is InChI=1S/C14H14FN5S/c1-9(13-6-21-10(2)19-13)18-11-3-4-14(12(15)5-11)20-8-16-7-17-20/h3-9,18H,1-2H3. The van der Waals surface area contributed by atoms with Gasteiger partial charge in [-0.2, -0.15) is 5.10 Å². The van der Waals surface area contributed by atoms with Gasteiger partial charge in [-0.1, -0.05) is 0 Å². The summed E-state index contributed by atoms with van der Waals surface area (Å²) in [6.45, 7) is 3.96. The van der Waals surface area contributed by atoms with Crippen molar-refractivity contribution in [2.75, 3.05) is 5.32 Å². The Morgan fingerprint density at radius 1 is 1.38 bits per heavy atom. The van der Waals surface area contributed by atoms with Gasteiger partial charge in [0.1, 0.15) is 18.3 Å². The first-order chi connectivity index (χ1) is 10.1. The molecule has 0 saturated carbocycles. The molecule has 0 amide bonds. The molecule has 3 rings (SSSR count). The zero-order chi connectivity index (χ0) is 14.8. The molecule has 0 aliphatic rings. The maximum atomic E-state index is 14.1. The molecule has 2 heterocycles. The van der Waals surface area contributed by atoms with Crippen molar-refractivity contribution in [3.63, 3.8) is 0 Å². The first-order valence-electron chi connectivity index (χ1n) is 6.46. The van der Waals surface area contributed by atoms with E-state index in [4.69, 9.17) is 0 Å². The fourth-order valence-corrected chi connectivity index (χ4v) is 2.72. The maximum absolute atomic E-state index is 14.1. The van der Waals surface area contributed by atoms with Crippen molar-refractivity contribution < 1.29 is 4.39 Å². The average molecular weight is 303 g/mol. The monoisotopic (exact) mass is 303 g/mol. The fourth-order valence-electron chi connectivity index (χ4n) is 2.02. The van der Waals surface area contributed by atoms with Crippen LogP contribution in [-0.4, -0.2) is 19.7 Å². The molecular weight excluding hydrogens is 289 g/mol. The molecule has 1 unspecified atom stereocenters. The largest absolute Gasteiger partial charge is 0.377 e. The van der Waals surface area contributed by atoms with Gasteiger partial charge in [0.25, 0.3) is 0 Å². The van der Waals surface area contributed by atoms with Gasteiger partial charge in [0.2, 0.25) is 0 Å². The minimum absolute atomic E-state index is 0.0200. The molecule has 0 saturated heterocycles. The predicted octanol–water partition coefficient (Wildman–Crippen LogP) is 3.34. The molecule has 3 aromatic rings. The van der Waals surface area contributed by atoms with Gasteiger partial charge in [-0.3, -0.25) is 0 Å². The normalized spacial score (nSPS) is 12.3. The van der Waals surface area contributed by atoms with Gasteiger partial charge in [-0.15, -0.1) is 11.3 Å². The number of benzene rings is 1. The van der Waals surface area contributed by atoms with Gasteiger partial charge in [0, 0.05) is 11.1 Å². The molecular formula is C14H14FN5S. The highest BCUT2D eigenvalue weighted by atomic mass is 32.1. The molecule has 1 aromatic carbocycles. The number of anilines is 1. The highest BCUT2D eigenvalue weighted by Crippen LogP contribution is 2.23. The molecule has 0 aliphatic carbocycles. The smallest absolute Gasteiger partial charge is 0.150 e. The van der Waals surface area contributed by atoms with E-state index < -0.39 is 0 Å². The van der Waals surface area contributed by atoms with Crippen molar-refractivity contribution in [3.05, 3.63) is 52.8 Å². The van der Waals surface area contributed by atoms with Crippen LogP contribution >= 0.6 is 11.3 Å². The number of nitrogens with zero attached hydrogens (tertiary/aromatic N) is 4. The molecule has 0 radical (unpaired) electrons. The molecule has 108 valence electrons. The average Bonchev–Trinajstić information content (AvgIpc) is 3.10. The van der Waals surface area contributed by atoms with Crippen molar-refractivity contribution >= 4 is 17.0 Å². The van der Waals surface area contributed by atoms with Gasteiger partial charge in [-0.25, -0.2) is 19.0 Å². The maximum Gasteiger partial charge on any atom is 0.150 e. The van der Waals surface area contributed by atoms with Crippen LogP contribution in [0.15, 0.2) is 36.2 Å². The molecule has 1 atom stereocenters. The summed E-state index contributed by atoms with van der Waals surface area (Å²) in [7, 11) is 0. The van der Waals surface area contributed by atoms with Gasteiger partial charge in [0.15, 0.2) is 5.82 Å². The van der Waals surface area contributed by atoms with E-state index in [2.05, 4.69) is 20.4 Å². The van der Waals surface area contributed by atoms with E-state index in [9.17, 15) is 4.39 Å². The van der Waals surface area contributed by atoms with Crippen molar-refractivity contribution in [3.8, 4) is 5.69 Å². The highest BCUT2D eigenvalue weighted by molar-refractivity contribution is 7.09. The number of rotatable bonds is 4. The lowest BCUT2D eigenvalue weighted by molar-refractivity contribution is 0.610. The number of nitrogens with one attached hydrogen (secondary N) is 1. The van der Waals surface area contributed by atoms with Crippen molar-refractivity contribution in [1.29, 1.82) is 0 Å². The van der Waals surface area contributed by atoms with Crippen LogP contribution in [0.2, 0.25) is 0 Å². The van der Waals surface area contributed by atoms with E-state index in [-0.39, 0.29) is 11.9 Å². The molecule has 0 aliphatic heterocycles. The number of thiazole rings is 1. The summed E-state index contributed by atoms with van der Waals surface area (Å²) in [5.41, 5.74) is 2.03. The third kappa shape index (κ3) is 2.92. The third-order valence-electron chi connectivity index (χ3n) is 3.08. The summed E-state index contributed by atoms with van der Waals surface area (Å²) in [6, 6.07) is 4.96. The molecule has 7 heteroatoms. The van der Waals surface area contributed by atoms with Crippen LogP contribution in [-0.2, 0) is 0 Å². The minimum Gasteiger partial charge on any atom is -0.377 e. The second-order valence-electron chi connectivity index (χ2n) is 4.66. The van der Waals surface area contributed by atoms with Crippen LogP contribution in [0.1, 0.15) is 23.7 Å². The minimum atomic E-state index is -0.354. The Morgan fingerprint density at radius 2 is 2.24 bits per heavy atom. The summed E-state index contributed by atoms with van der Waals surface area (Å²) in [5.74, 6) is -0.354. The van der Waals surface area contributed by atoms with Gasteiger partial charge in [-0.05, 0) is 32.0 Å². The molecule has 5 nitrogen and oxygen atoms in total. The van der Waals surface area contributed by atoms with E-state index >= 15 is 0 Å². The van der Waals surface area contributed by atoms with Gasteiger partial charge in [0.05, 0.1) is 16.7 Å². The van der Waals surface area contributed by atoms with Crippen LogP contribution in [0.4, 0.5) is 10.1 Å². The molecule has 21 heavy (non-hydrogen) atoms. The van der Waals surface area contributed by atoms with E-state index in [1.165, 1.54) is 23.4 Å². The van der Waals surface area contributed by atoms with Gasteiger partial charge >= 0.3 is 0 Å². The van der Waals surface area contributed by atoms with Crippen molar-refractivity contribution in [1.82, 2.24) is 19.7 Å². The summed E-state index contributed by atoms with van der Waals surface area (Å²) >= 11 is 1.60. The topological polar surface area (TPSA) is 55.6 Å². The summed E-state index contributed by atoms with van der Waals surface area (Å²) in [4.78, 5) is 8.24. The number of hydrogen-bond acceptors (Lipinski definition) is 5. The number of halogens is 1. The molecule has 0 fully saturated rings. The summed E-state index contributed by atoms with van der Waals surface area (Å²) in [6.07, 6.45) is 2.84. The highest BCUT2D eigenvalue weighted by Gasteiger charge is 2.11. The van der Waals surface area contributed by atoms with Crippen LogP contribution in [0.25, 0.3) is 5.69 Å². The lowest BCUT2D eigenvalue weighted by Crippen LogP contribution is -2.08. The summed E-state index contributed by atoms with van der Waals surface area (Å²) in [5, 5.41) is 10.2. The number of hydrogen-bond donors (Lipinski definition) is 1. The molecule has 2 aromatic heterocycles. The van der Waals surface area contributed by atoms with Crippen LogP contribution in [0.5, 0.6) is 0 Å². The predicted molar refractivity (Wildman–Crippen MR) is 80.2 cm³/mol.